The van der Waals surface area contributed by atoms with E-state index in [1.807, 2.05) is 24.3 Å². The predicted molar refractivity (Wildman–Crippen MR) is 96.0 cm³/mol. The molecule has 0 atom stereocenters. The van der Waals surface area contributed by atoms with Gasteiger partial charge in [-0.2, -0.15) is 0 Å². The number of hydrogen-bond acceptors (Lipinski definition) is 3. The third-order valence-electron chi connectivity index (χ3n) is 4.08. The number of nitrogens with zero attached hydrogens (tertiary/aromatic N) is 1. The summed E-state index contributed by atoms with van der Waals surface area (Å²) in [6.07, 6.45) is 2.73. The second-order valence-corrected chi connectivity index (χ2v) is 5.87. The van der Waals surface area contributed by atoms with Crippen LogP contribution in [-0.4, -0.2) is 18.6 Å². The van der Waals surface area contributed by atoms with Crippen molar-refractivity contribution in [3.8, 4) is 5.75 Å². The van der Waals surface area contributed by atoms with E-state index in [9.17, 15) is 0 Å². The van der Waals surface area contributed by atoms with E-state index in [-0.39, 0.29) is 0 Å². The molecule has 0 radical (unpaired) electrons. The second-order valence-electron chi connectivity index (χ2n) is 5.87. The maximum Gasteiger partial charge on any atom is 0.118 e. The Morgan fingerprint density at radius 2 is 1.62 bits per heavy atom. The summed E-state index contributed by atoms with van der Waals surface area (Å²) in [7, 11) is 1.69. The van der Waals surface area contributed by atoms with Crippen molar-refractivity contribution in [2.75, 3.05) is 13.7 Å². The predicted octanol–water partition coefficient (Wildman–Crippen LogP) is 4.53. The Bertz CT molecular complexity index is 705. The fourth-order valence-corrected chi connectivity index (χ4v) is 2.76. The van der Waals surface area contributed by atoms with Crippen LogP contribution in [0, 0.1) is 0 Å². The van der Waals surface area contributed by atoms with Crippen LogP contribution in [0.5, 0.6) is 5.75 Å². The highest BCUT2D eigenvalue weighted by molar-refractivity contribution is 5.27. The largest absolute Gasteiger partial charge is 0.497 e. The van der Waals surface area contributed by atoms with E-state index in [2.05, 4.69) is 47.4 Å². The zero-order valence-electron chi connectivity index (χ0n) is 14.0. The fourth-order valence-electron chi connectivity index (χ4n) is 2.76. The van der Waals surface area contributed by atoms with Crippen molar-refractivity contribution in [3.05, 3.63) is 89.9 Å². The lowest BCUT2D eigenvalue weighted by atomic mass is 10.1. The third-order valence-corrected chi connectivity index (χ3v) is 4.08. The Kier molecular flexibility index (Phi) is 5.70. The van der Waals surface area contributed by atoms with Crippen LogP contribution >= 0.6 is 0 Å². The molecule has 0 fully saturated rings. The number of methoxy groups -OCH3 is 1. The van der Waals surface area contributed by atoms with Crippen LogP contribution in [0.3, 0.4) is 0 Å². The molecule has 0 spiro atoms. The second kappa shape index (κ2) is 8.37. The third kappa shape index (κ3) is 4.74. The minimum Gasteiger partial charge on any atom is -0.497 e. The Hall–Kier alpha value is -2.52. The highest BCUT2D eigenvalue weighted by Crippen LogP contribution is 2.14. The zero-order valence-corrected chi connectivity index (χ0v) is 14.0. The first-order valence-corrected chi connectivity index (χ1v) is 8.25. The molecule has 0 aliphatic carbocycles. The van der Waals surface area contributed by atoms with Gasteiger partial charge in [-0.15, -0.1) is 0 Å². The highest BCUT2D eigenvalue weighted by atomic mass is 16.5. The number of rotatable bonds is 8. The van der Waals surface area contributed by atoms with Gasteiger partial charge in [0, 0.05) is 13.1 Å². The van der Waals surface area contributed by atoms with E-state index < -0.39 is 0 Å². The molecule has 2 aromatic carbocycles. The van der Waals surface area contributed by atoms with Crippen molar-refractivity contribution in [1.29, 1.82) is 0 Å². The normalized spacial score (nSPS) is 10.9. The van der Waals surface area contributed by atoms with Gasteiger partial charge in [-0.3, -0.25) is 4.90 Å². The number of furan rings is 1. The topological polar surface area (TPSA) is 25.6 Å². The Labute approximate surface area is 143 Å². The summed E-state index contributed by atoms with van der Waals surface area (Å²) in [5.74, 6) is 1.90. The average Bonchev–Trinajstić information content (AvgIpc) is 3.14. The van der Waals surface area contributed by atoms with Gasteiger partial charge >= 0.3 is 0 Å². The van der Waals surface area contributed by atoms with Gasteiger partial charge in [0.15, 0.2) is 0 Å². The summed E-state index contributed by atoms with van der Waals surface area (Å²) in [6.45, 7) is 2.71. The standard InChI is InChI=1S/C21H23NO2/c1-23-20-11-9-18(10-12-20)13-14-22(17-21-8-5-15-24-21)16-19-6-3-2-4-7-19/h2-12,15H,13-14,16-17H2,1H3. The van der Waals surface area contributed by atoms with Crippen LogP contribution in [0.25, 0.3) is 0 Å². The van der Waals surface area contributed by atoms with Gasteiger partial charge in [0.05, 0.1) is 19.9 Å². The van der Waals surface area contributed by atoms with E-state index in [0.29, 0.717) is 0 Å². The first kappa shape index (κ1) is 16.3. The van der Waals surface area contributed by atoms with Crippen LogP contribution in [-0.2, 0) is 19.5 Å². The van der Waals surface area contributed by atoms with Gasteiger partial charge in [0.1, 0.15) is 11.5 Å². The molecule has 0 aliphatic rings. The molecule has 0 N–H and O–H groups in total. The minimum atomic E-state index is 0.818. The van der Waals surface area contributed by atoms with Crippen molar-refractivity contribution in [2.24, 2.45) is 0 Å². The first-order chi connectivity index (χ1) is 11.8. The van der Waals surface area contributed by atoms with Crippen molar-refractivity contribution in [1.82, 2.24) is 4.90 Å². The Morgan fingerprint density at radius 3 is 2.29 bits per heavy atom. The molecular formula is C21H23NO2. The van der Waals surface area contributed by atoms with E-state index >= 15 is 0 Å². The van der Waals surface area contributed by atoms with Crippen LogP contribution < -0.4 is 4.74 Å². The Morgan fingerprint density at radius 1 is 0.833 bits per heavy atom. The SMILES string of the molecule is COc1ccc(CCN(Cc2ccccc2)Cc2ccco2)cc1. The average molecular weight is 321 g/mol. The highest BCUT2D eigenvalue weighted by Gasteiger charge is 2.09. The van der Waals surface area contributed by atoms with Crippen LogP contribution in [0.4, 0.5) is 0 Å². The molecule has 0 aliphatic heterocycles. The lowest BCUT2D eigenvalue weighted by Crippen LogP contribution is -2.25. The molecule has 3 rings (SSSR count). The maximum atomic E-state index is 5.53. The lowest BCUT2D eigenvalue weighted by Gasteiger charge is -2.21. The summed E-state index contributed by atoms with van der Waals surface area (Å²) >= 11 is 0. The zero-order chi connectivity index (χ0) is 16.6. The molecule has 3 aromatic rings. The quantitative estimate of drug-likeness (QED) is 0.609. The van der Waals surface area contributed by atoms with E-state index in [1.165, 1.54) is 11.1 Å². The van der Waals surface area contributed by atoms with Crippen molar-refractivity contribution < 1.29 is 9.15 Å². The van der Waals surface area contributed by atoms with Crippen LogP contribution in [0.15, 0.2) is 77.4 Å². The summed E-state index contributed by atoms with van der Waals surface area (Å²) in [4.78, 5) is 2.42. The summed E-state index contributed by atoms with van der Waals surface area (Å²) < 4.78 is 10.7. The number of hydrogen-bond donors (Lipinski definition) is 0. The van der Waals surface area contributed by atoms with Crippen LogP contribution in [0.1, 0.15) is 16.9 Å². The van der Waals surface area contributed by atoms with Crippen molar-refractivity contribution >= 4 is 0 Å². The van der Waals surface area contributed by atoms with Gasteiger partial charge in [-0.25, -0.2) is 0 Å². The number of ether oxygens (including phenoxy) is 1. The van der Waals surface area contributed by atoms with Crippen LogP contribution in [0.2, 0.25) is 0 Å². The first-order valence-electron chi connectivity index (χ1n) is 8.25. The molecule has 0 amide bonds. The molecule has 3 nitrogen and oxygen atoms in total. The fraction of sp³-hybridized carbons (Fsp3) is 0.238. The van der Waals surface area contributed by atoms with Gasteiger partial charge in [-0.05, 0) is 41.8 Å². The lowest BCUT2D eigenvalue weighted by molar-refractivity contribution is 0.238. The number of benzene rings is 2. The molecule has 124 valence electrons. The molecule has 1 heterocycles. The van der Waals surface area contributed by atoms with Gasteiger partial charge < -0.3 is 9.15 Å². The molecule has 1 aromatic heterocycles. The van der Waals surface area contributed by atoms with E-state index in [4.69, 9.17) is 9.15 Å². The van der Waals surface area contributed by atoms with Gasteiger partial charge in [0.25, 0.3) is 0 Å². The van der Waals surface area contributed by atoms with Gasteiger partial charge in [0.2, 0.25) is 0 Å². The maximum absolute atomic E-state index is 5.53. The molecule has 0 unspecified atom stereocenters. The molecule has 0 saturated heterocycles. The molecule has 3 heteroatoms. The van der Waals surface area contributed by atoms with E-state index in [1.54, 1.807) is 13.4 Å². The van der Waals surface area contributed by atoms with Crippen molar-refractivity contribution in [3.63, 3.8) is 0 Å². The molecule has 0 saturated carbocycles. The summed E-state index contributed by atoms with van der Waals surface area (Å²) in [6, 6.07) is 22.8. The molecule has 24 heavy (non-hydrogen) atoms. The summed E-state index contributed by atoms with van der Waals surface area (Å²) in [5.41, 5.74) is 2.63. The van der Waals surface area contributed by atoms with Crippen molar-refractivity contribution in [2.45, 2.75) is 19.5 Å². The Balaban J connectivity index is 1.64. The van der Waals surface area contributed by atoms with Gasteiger partial charge in [-0.1, -0.05) is 42.5 Å². The van der Waals surface area contributed by atoms with E-state index in [0.717, 1.165) is 37.6 Å². The molecular weight excluding hydrogens is 298 g/mol. The summed E-state index contributed by atoms with van der Waals surface area (Å²) in [5, 5.41) is 0. The molecule has 0 bridgehead atoms. The monoisotopic (exact) mass is 321 g/mol. The minimum absolute atomic E-state index is 0.818. The smallest absolute Gasteiger partial charge is 0.118 e.